The molecule has 1 aromatic carbocycles. The molecular formula is C32H47N7O5. The number of ether oxygens (including phenoxy) is 2. The zero-order valence-electron chi connectivity index (χ0n) is 26.3. The third-order valence-corrected chi connectivity index (χ3v) is 7.39. The normalized spacial score (nSPS) is 15.9. The van der Waals surface area contributed by atoms with Gasteiger partial charge in [0.1, 0.15) is 11.3 Å². The van der Waals surface area contributed by atoms with Gasteiger partial charge in [0.25, 0.3) is 5.91 Å². The third-order valence-electron chi connectivity index (χ3n) is 7.39. The minimum absolute atomic E-state index is 0.115. The van der Waals surface area contributed by atoms with Gasteiger partial charge in [0.05, 0.1) is 24.6 Å². The number of para-hydroxylation sites is 2. The van der Waals surface area contributed by atoms with Crippen molar-refractivity contribution in [2.45, 2.75) is 65.0 Å². The lowest BCUT2D eigenvalue weighted by Gasteiger charge is -2.27. The molecule has 2 fully saturated rings. The van der Waals surface area contributed by atoms with E-state index >= 15 is 0 Å². The fourth-order valence-electron chi connectivity index (χ4n) is 5.10. The molecule has 0 atom stereocenters. The number of carbonyl (C=O) groups is 3. The largest absolute Gasteiger partial charge is 0.444 e. The van der Waals surface area contributed by atoms with E-state index in [0.717, 1.165) is 83.6 Å². The predicted molar refractivity (Wildman–Crippen MR) is 169 cm³/mol. The summed E-state index contributed by atoms with van der Waals surface area (Å²) in [5.74, 6) is -0.418. The number of anilines is 2. The number of nitrogens with one attached hydrogen (secondary N) is 3. The highest BCUT2D eigenvalue weighted by Crippen LogP contribution is 2.23. The number of carbonyl (C=O) groups excluding carboxylic acids is 3. The maximum atomic E-state index is 13.2. The van der Waals surface area contributed by atoms with Gasteiger partial charge in [0.2, 0.25) is 0 Å². The summed E-state index contributed by atoms with van der Waals surface area (Å²) in [4.78, 5) is 47.1. The van der Waals surface area contributed by atoms with Crippen LogP contribution in [-0.2, 0) is 16.0 Å². The third kappa shape index (κ3) is 11.1. The van der Waals surface area contributed by atoms with E-state index in [1.807, 2.05) is 16.0 Å². The summed E-state index contributed by atoms with van der Waals surface area (Å²) in [5, 5.41) is 7.48. The highest BCUT2D eigenvalue weighted by atomic mass is 16.6. The van der Waals surface area contributed by atoms with Crippen LogP contribution in [0.2, 0.25) is 0 Å². The predicted octanol–water partition coefficient (Wildman–Crippen LogP) is 4.71. The molecule has 3 heterocycles. The summed E-state index contributed by atoms with van der Waals surface area (Å²) in [7, 11) is 0. The number of pyridine rings is 1. The van der Waals surface area contributed by atoms with Crippen LogP contribution in [0.4, 0.5) is 21.0 Å². The summed E-state index contributed by atoms with van der Waals surface area (Å²) < 4.78 is 10.8. The van der Waals surface area contributed by atoms with Gasteiger partial charge in [0, 0.05) is 45.5 Å². The molecule has 44 heavy (non-hydrogen) atoms. The average Bonchev–Trinajstić information content (AvgIpc) is 3.50. The molecule has 1 aromatic heterocycles. The van der Waals surface area contributed by atoms with Crippen LogP contribution in [0.25, 0.3) is 0 Å². The second kappa shape index (κ2) is 16.4. The maximum Gasteiger partial charge on any atom is 0.412 e. The van der Waals surface area contributed by atoms with Gasteiger partial charge in [-0.2, -0.15) is 0 Å². The van der Waals surface area contributed by atoms with Crippen LogP contribution in [0.3, 0.4) is 0 Å². The summed E-state index contributed by atoms with van der Waals surface area (Å²) in [6.07, 6.45) is 6.21. The zero-order valence-corrected chi connectivity index (χ0v) is 26.3. The molecule has 240 valence electrons. The number of urea groups is 1. The van der Waals surface area contributed by atoms with Crippen molar-refractivity contribution in [3.63, 3.8) is 0 Å². The molecule has 3 N–H and O–H groups in total. The monoisotopic (exact) mass is 609 g/mol. The van der Waals surface area contributed by atoms with Gasteiger partial charge < -0.3 is 19.7 Å². The molecule has 12 nitrogen and oxygen atoms in total. The van der Waals surface area contributed by atoms with Crippen LogP contribution in [-0.4, -0.2) is 95.9 Å². The fourth-order valence-corrected chi connectivity index (χ4v) is 5.10. The second-order valence-electron chi connectivity index (χ2n) is 12.2. The standard InChI is InChI=1S/C32H47N7O5/c1-32(2,3)44-31(42)35-27-12-6-5-11-26(27)34-29(40)28-14-13-25(23-33-28)24-38(30(41)36-39-17-9-10-18-39)16-8-4-7-15-37-19-21-43-22-20-37/h5-6,11-14,23H,4,7-10,15-22,24H2,1-3H3,(H,34,40)(H,35,42)(H,36,41). The van der Waals surface area contributed by atoms with Gasteiger partial charge in [-0.15, -0.1) is 0 Å². The van der Waals surface area contributed by atoms with Gasteiger partial charge in [-0.05, 0) is 76.8 Å². The molecule has 2 aliphatic rings. The molecule has 0 saturated carbocycles. The topological polar surface area (TPSA) is 128 Å². The van der Waals surface area contributed by atoms with Crippen LogP contribution in [0.1, 0.15) is 68.9 Å². The van der Waals surface area contributed by atoms with E-state index < -0.39 is 17.6 Å². The Hall–Kier alpha value is -3.74. The number of nitrogens with zero attached hydrogens (tertiary/aromatic N) is 4. The summed E-state index contributed by atoms with van der Waals surface area (Å²) in [6.45, 7) is 12.7. The van der Waals surface area contributed by atoms with Crippen molar-refractivity contribution in [2.75, 3.05) is 63.1 Å². The molecule has 0 radical (unpaired) electrons. The van der Waals surface area contributed by atoms with Crippen molar-refractivity contribution in [1.29, 1.82) is 0 Å². The molecular weight excluding hydrogens is 562 g/mol. The molecule has 0 bridgehead atoms. The molecule has 0 unspecified atom stereocenters. The van der Waals surface area contributed by atoms with E-state index in [4.69, 9.17) is 9.47 Å². The van der Waals surface area contributed by atoms with Gasteiger partial charge in [-0.1, -0.05) is 24.6 Å². The summed E-state index contributed by atoms with van der Waals surface area (Å²) in [5.41, 5.74) is 4.29. The van der Waals surface area contributed by atoms with Crippen molar-refractivity contribution in [3.05, 3.63) is 53.9 Å². The average molecular weight is 610 g/mol. The first-order valence-corrected chi connectivity index (χ1v) is 15.6. The smallest absolute Gasteiger partial charge is 0.412 e. The second-order valence-corrected chi connectivity index (χ2v) is 12.2. The maximum absolute atomic E-state index is 13.2. The number of hydrazine groups is 1. The van der Waals surface area contributed by atoms with Crippen LogP contribution in [0.15, 0.2) is 42.6 Å². The van der Waals surface area contributed by atoms with Crippen molar-refractivity contribution in [2.24, 2.45) is 0 Å². The Balaban J connectivity index is 1.32. The van der Waals surface area contributed by atoms with E-state index in [2.05, 4.69) is 25.9 Å². The Bertz CT molecular complexity index is 1220. The van der Waals surface area contributed by atoms with Crippen molar-refractivity contribution in [1.82, 2.24) is 25.2 Å². The number of benzene rings is 1. The van der Waals surface area contributed by atoms with Crippen LogP contribution >= 0.6 is 0 Å². The van der Waals surface area contributed by atoms with E-state index in [9.17, 15) is 14.4 Å². The van der Waals surface area contributed by atoms with E-state index in [1.54, 1.807) is 57.3 Å². The molecule has 0 spiro atoms. The number of amides is 4. The van der Waals surface area contributed by atoms with Crippen molar-refractivity contribution in [3.8, 4) is 0 Å². The Morgan fingerprint density at radius 2 is 1.64 bits per heavy atom. The first kappa shape index (κ1) is 33.2. The molecule has 0 aliphatic carbocycles. The van der Waals surface area contributed by atoms with Gasteiger partial charge >= 0.3 is 12.1 Å². The van der Waals surface area contributed by atoms with E-state index in [-0.39, 0.29) is 11.7 Å². The Morgan fingerprint density at radius 1 is 0.932 bits per heavy atom. The lowest BCUT2D eigenvalue weighted by Crippen LogP contribution is -2.48. The van der Waals surface area contributed by atoms with Crippen LogP contribution in [0.5, 0.6) is 0 Å². The van der Waals surface area contributed by atoms with Gasteiger partial charge in [-0.25, -0.2) is 14.6 Å². The van der Waals surface area contributed by atoms with Crippen LogP contribution in [0, 0.1) is 0 Å². The number of unbranched alkanes of at least 4 members (excludes halogenated alkanes) is 2. The van der Waals surface area contributed by atoms with Crippen LogP contribution < -0.4 is 16.1 Å². The zero-order chi connectivity index (χ0) is 31.4. The Morgan fingerprint density at radius 3 is 2.30 bits per heavy atom. The van der Waals surface area contributed by atoms with E-state index in [1.165, 1.54) is 0 Å². The van der Waals surface area contributed by atoms with E-state index in [0.29, 0.717) is 24.5 Å². The molecule has 12 heteroatoms. The highest BCUT2D eigenvalue weighted by Gasteiger charge is 2.21. The summed E-state index contributed by atoms with van der Waals surface area (Å²) >= 11 is 0. The molecule has 2 saturated heterocycles. The summed E-state index contributed by atoms with van der Waals surface area (Å²) in [6, 6.07) is 10.2. The van der Waals surface area contributed by atoms with Gasteiger partial charge in [-0.3, -0.25) is 25.4 Å². The number of aromatic nitrogens is 1. The quantitative estimate of drug-likeness (QED) is 0.296. The molecule has 4 amide bonds. The minimum Gasteiger partial charge on any atom is -0.444 e. The SMILES string of the molecule is CC(C)(C)OC(=O)Nc1ccccc1NC(=O)c1ccc(CN(CCCCCN2CCOCC2)C(=O)NN2CCCC2)cn1. The highest BCUT2D eigenvalue weighted by molar-refractivity contribution is 6.05. The van der Waals surface area contributed by atoms with Crippen molar-refractivity contribution < 1.29 is 23.9 Å². The first-order valence-electron chi connectivity index (χ1n) is 15.6. The number of hydrogen-bond acceptors (Lipinski definition) is 8. The number of hydrogen-bond donors (Lipinski definition) is 3. The lowest BCUT2D eigenvalue weighted by molar-refractivity contribution is 0.0370. The lowest BCUT2D eigenvalue weighted by atomic mass is 10.2. The molecule has 4 rings (SSSR count). The molecule has 2 aliphatic heterocycles. The molecule has 2 aromatic rings. The fraction of sp³-hybridized carbons (Fsp3) is 0.562. The Kier molecular flexibility index (Phi) is 12.3. The first-order chi connectivity index (χ1) is 21.2. The van der Waals surface area contributed by atoms with Gasteiger partial charge in [0.15, 0.2) is 0 Å². The number of rotatable bonds is 12. The number of morpholine rings is 1. The Labute approximate surface area is 260 Å². The minimum atomic E-state index is -0.651. The van der Waals surface area contributed by atoms with Crippen molar-refractivity contribution >= 4 is 29.4 Å².